The van der Waals surface area contributed by atoms with Crippen molar-refractivity contribution >= 4 is 29.2 Å². The van der Waals surface area contributed by atoms with Gasteiger partial charge in [0.15, 0.2) is 0 Å². The minimum absolute atomic E-state index is 0.0321. The number of aliphatic hydroxyl groups is 1. The van der Waals surface area contributed by atoms with Crippen LogP contribution in [-0.4, -0.2) is 51.2 Å². The van der Waals surface area contributed by atoms with Crippen LogP contribution in [0.25, 0.3) is 11.1 Å². The molecular formula is C22H20F3N5O2S. The predicted octanol–water partition coefficient (Wildman–Crippen LogP) is 4.22. The van der Waals surface area contributed by atoms with E-state index in [1.54, 1.807) is 18.5 Å². The first-order valence-corrected chi connectivity index (χ1v) is 10.9. The topological polar surface area (TPSA) is 91.2 Å². The fourth-order valence-electron chi connectivity index (χ4n) is 3.60. The van der Waals surface area contributed by atoms with E-state index in [2.05, 4.69) is 25.2 Å². The first kappa shape index (κ1) is 23.0. The van der Waals surface area contributed by atoms with Crippen molar-refractivity contribution in [2.24, 2.45) is 5.92 Å². The van der Waals surface area contributed by atoms with Crippen LogP contribution in [0.1, 0.15) is 16.8 Å². The number of alkyl halides is 3. The molecule has 1 saturated heterocycles. The number of nitrogens with one attached hydrogen (secondary N) is 1. The van der Waals surface area contributed by atoms with Crippen LogP contribution in [0.3, 0.4) is 0 Å². The highest BCUT2D eigenvalue weighted by molar-refractivity contribution is 8.00. The Morgan fingerprint density at radius 1 is 1.18 bits per heavy atom. The van der Waals surface area contributed by atoms with E-state index in [4.69, 9.17) is 0 Å². The lowest BCUT2D eigenvalue weighted by Gasteiger charge is -2.21. The molecule has 7 nitrogen and oxygen atoms in total. The number of rotatable bonds is 6. The molecule has 11 heteroatoms. The number of halogens is 3. The fourth-order valence-corrected chi connectivity index (χ4v) is 4.14. The number of carbonyl (C=O) groups excluding carboxylic acids is 1. The maximum Gasteiger partial charge on any atom is 0.446 e. The number of anilines is 2. The molecule has 2 N–H and O–H groups in total. The molecule has 1 fully saturated rings. The average molecular weight is 475 g/mol. The Morgan fingerprint density at radius 3 is 2.55 bits per heavy atom. The van der Waals surface area contributed by atoms with Gasteiger partial charge < -0.3 is 15.3 Å². The quantitative estimate of drug-likeness (QED) is 0.516. The van der Waals surface area contributed by atoms with E-state index < -0.39 is 11.4 Å². The van der Waals surface area contributed by atoms with E-state index in [0.29, 0.717) is 29.2 Å². The Bertz CT molecular complexity index is 1110. The molecule has 0 radical (unpaired) electrons. The van der Waals surface area contributed by atoms with E-state index in [0.717, 1.165) is 13.0 Å². The van der Waals surface area contributed by atoms with Crippen molar-refractivity contribution < 1.29 is 23.1 Å². The largest absolute Gasteiger partial charge is 0.446 e. The molecule has 33 heavy (non-hydrogen) atoms. The number of carbonyl (C=O) groups is 1. The van der Waals surface area contributed by atoms with Crippen molar-refractivity contribution in [2.45, 2.75) is 16.8 Å². The summed E-state index contributed by atoms with van der Waals surface area (Å²) in [5, 5.41) is 12.2. The summed E-state index contributed by atoms with van der Waals surface area (Å²) in [6, 6.07) is 7.12. The zero-order valence-electron chi connectivity index (χ0n) is 17.3. The number of nitrogens with zero attached hydrogens (tertiary/aromatic N) is 4. The summed E-state index contributed by atoms with van der Waals surface area (Å²) in [6.45, 7) is 1.48. The normalized spacial score (nSPS) is 16.1. The van der Waals surface area contributed by atoms with Gasteiger partial charge in [-0.15, -0.1) is 0 Å². The number of thioether (sulfide) groups is 1. The molecule has 4 rings (SSSR count). The van der Waals surface area contributed by atoms with E-state index in [9.17, 15) is 23.1 Å². The highest BCUT2D eigenvalue weighted by Gasteiger charge is 2.29. The molecule has 1 aliphatic rings. The van der Waals surface area contributed by atoms with Gasteiger partial charge in [-0.3, -0.25) is 4.79 Å². The highest BCUT2D eigenvalue weighted by Crippen LogP contribution is 2.37. The van der Waals surface area contributed by atoms with Gasteiger partial charge in [0.1, 0.15) is 12.1 Å². The van der Waals surface area contributed by atoms with Gasteiger partial charge in [0, 0.05) is 65.9 Å². The SMILES string of the molecule is O=C(Nc1ccc(SC(F)(F)F)cc1)c1cnc(N2CCC(CO)C2)c(-c2cncnc2)c1. The van der Waals surface area contributed by atoms with Crippen LogP contribution in [0, 0.1) is 5.92 Å². The summed E-state index contributed by atoms with van der Waals surface area (Å²) in [6.07, 6.45) is 6.97. The minimum Gasteiger partial charge on any atom is -0.396 e. The molecule has 1 unspecified atom stereocenters. The molecule has 2 aromatic heterocycles. The summed E-state index contributed by atoms with van der Waals surface area (Å²) in [4.78, 5) is 27.6. The van der Waals surface area contributed by atoms with Gasteiger partial charge in [0.05, 0.1) is 5.56 Å². The van der Waals surface area contributed by atoms with E-state index in [1.807, 2.05) is 0 Å². The Kier molecular flexibility index (Phi) is 6.80. The second-order valence-corrected chi connectivity index (χ2v) is 8.67. The third-order valence-electron chi connectivity index (χ3n) is 5.19. The molecule has 1 atom stereocenters. The molecule has 0 bridgehead atoms. The van der Waals surface area contributed by atoms with Gasteiger partial charge in [-0.2, -0.15) is 13.2 Å². The standard InChI is InChI=1S/C22H20F3N5O2S/c23-22(24,25)33-18-3-1-17(2-4-18)29-21(32)15-7-19(16-8-26-13-27-9-16)20(28-10-15)30-6-5-14(11-30)12-31/h1-4,7-10,13-14,31H,5-6,11-12H2,(H,29,32). The smallest absolute Gasteiger partial charge is 0.396 e. The summed E-state index contributed by atoms with van der Waals surface area (Å²) >= 11 is -0.215. The molecular weight excluding hydrogens is 455 g/mol. The van der Waals surface area contributed by atoms with Crippen LogP contribution < -0.4 is 10.2 Å². The van der Waals surface area contributed by atoms with Crippen molar-refractivity contribution in [2.75, 3.05) is 29.9 Å². The fraction of sp³-hybridized carbons (Fsp3) is 0.273. The maximum absolute atomic E-state index is 12.8. The summed E-state index contributed by atoms with van der Waals surface area (Å²) in [5.74, 6) is 0.386. The second kappa shape index (κ2) is 9.75. The van der Waals surface area contributed by atoms with Crippen molar-refractivity contribution in [3.8, 4) is 11.1 Å². The number of hydrogen-bond acceptors (Lipinski definition) is 7. The third kappa shape index (κ3) is 5.79. The van der Waals surface area contributed by atoms with Crippen LogP contribution in [0.15, 0.2) is 60.1 Å². The maximum atomic E-state index is 12.8. The lowest BCUT2D eigenvalue weighted by atomic mass is 10.1. The molecule has 3 aromatic rings. The van der Waals surface area contributed by atoms with E-state index in [1.165, 1.54) is 36.8 Å². The van der Waals surface area contributed by atoms with Crippen LogP contribution in [0.4, 0.5) is 24.7 Å². The zero-order chi connectivity index (χ0) is 23.4. The number of amides is 1. The molecule has 0 aliphatic carbocycles. The van der Waals surface area contributed by atoms with Gasteiger partial charge in [0.2, 0.25) is 0 Å². The Hall–Kier alpha value is -3.18. The van der Waals surface area contributed by atoms with Crippen LogP contribution in [-0.2, 0) is 0 Å². The van der Waals surface area contributed by atoms with Crippen molar-refractivity contribution in [3.63, 3.8) is 0 Å². The van der Waals surface area contributed by atoms with Crippen molar-refractivity contribution in [1.82, 2.24) is 15.0 Å². The van der Waals surface area contributed by atoms with Crippen LogP contribution >= 0.6 is 11.8 Å². The average Bonchev–Trinajstić information content (AvgIpc) is 3.29. The Morgan fingerprint density at radius 2 is 1.91 bits per heavy atom. The van der Waals surface area contributed by atoms with Gasteiger partial charge >= 0.3 is 5.51 Å². The van der Waals surface area contributed by atoms with E-state index >= 15 is 0 Å². The monoisotopic (exact) mass is 475 g/mol. The van der Waals surface area contributed by atoms with Gasteiger partial charge in [0.25, 0.3) is 5.91 Å². The number of pyridine rings is 1. The summed E-state index contributed by atoms with van der Waals surface area (Å²) in [5.41, 5.74) is -2.35. The Labute approximate surface area is 192 Å². The van der Waals surface area contributed by atoms with E-state index in [-0.39, 0.29) is 34.7 Å². The minimum atomic E-state index is -4.37. The van der Waals surface area contributed by atoms with Crippen molar-refractivity contribution in [3.05, 3.63) is 60.8 Å². The Balaban J connectivity index is 1.57. The first-order valence-electron chi connectivity index (χ1n) is 10.1. The molecule has 1 aromatic carbocycles. The summed E-state index contributed by atoms with van der Waals surface area (Å²) < 4.78 is 37.5. The summed E-state index contributed by atoms with van der Waals surface area (Å²) in [7, 11) is 0. The second-order valence-electron chi connectivity index (χ2n) is 7.53. The molecule has 3 heterocycles. The van der Waals surface area contributed by atoms with Gasteiger partial charge in [-0.25, -0.2) is 15.0 Å². The molecule has 0 saturated carbocycles. The zero-order valence-corrected chi connectivity index (χ0v) is 18.1. The highest BCUT2D eigenvalue weighted by atomic mass is 32.2. The van der Waals surface area contributed by atoms with Gasteiger partial charge in [-0.1, -0.05) is 0 Å². The lowest BCUT2D eigenvalue weighted by Crippen LogP contribution is -2.23. The molecule has 0 spiro atoms. The third-order valence-corrected chi connectivity index (χ3v) is 5.93. The van der Waals surface area contributed by atoms with Crippen molar-refractivity contribution in [1.29, 1.82) is 0 Å². The number of benzene rings is 1. The molecule has 1 aliphatic heterocycles. The number of aromatic nitrogens is 3. The molecule has 1 amide bonds. The lowest BCUT2D eigenvalue weighted by molar-refractivity contribution is -0.0328. The number of hydrogen-bond donors (Lipinski definition) is 2. The van der Waals surface area contributed by atoms with Crippen LogP contribution in [0.5, 0.6) is 0 Å². The first-order chi connectivity index (χ1) is 15.8. The van der Waals surface area contributed by atoms with Crippen LogP contribution in [0.2, 0.25) is 0 Å². The molecule has 172 valence electrons. The number of aliphatic hydroxyl groups excluding tert-OH is 1. The predicted molar refractivity (Wildman–Crippen MR) is 119 cm³/mol. The van der Waals surface area contributed by atoms with Gasteiger partial charge in [-0.05, 0) is 48.5 Å².